The van der Waals surface area contributed by atoms with Crippen LogP contribution in [0.2, 0.25) is 0 Å². The monoisotopic (exact) mass is 469 g/mol. The number of aromatic amines is 1. The first kappa shape index (κ1) is 23.7. The Morgan fingerprint density at radius 3 is 2.41 bits per heavy atom. The van der Waals surface area contributed by atoms with Crippen molar-refractivity contribution in [2.75, 3.05) is 20.2 Å². The molecule has 34 heavy (non-hydrogen) atoms. The fourth-order valence-electron chi connectivity index (χ4n) is 4.64. The van der Waals surface area contributed by atoms with E-state index in [4.69, 9.17) is 4.74 Å². The number of carbonyl (C=O) groups excluding carboxylic acids is 2. The molecule has 1 fully saturated rings. The van der Waals surface area contributed by atoms with Crippen LogP contribution >= 0.6 is 0 Å². The maximum atomic E-state index is 14.0. The van der Waals surface area contributed by atoms with Gasteiger partial charge >= 0.3 is 0 Å². The second kappa shape index (κ2) is 9.83. The highest BCUT2D eigenvalue weighted by Crippen LogP contribution is 2.35. The molecule has 0 radical (unpaired) electrons. The van der Waals surface area contributed by atoms with Crippen molar-refractivity contribution in [1.29, 1.82) is 0 Å². The van der Waals surface area contributed by atoms with E-state index in [2.05, 4.69) is 10.3 Å². The van der Waals surface area contributed by atoms with Gasteiger partial charge in [-0.05, 0) is 60.6 Å². The number of likely N-dealkylation sites (tertiary alicyclic amines) is 1. The van der Waals surface area contributed by atoms with Crippen LogP contribution in [0.1, 0.15) is 48.5 Å². The molecule has 1 aromatic heterocycles. The summed E-state index contributed by atoms with van der Waals surface area (Å²) in [6.07, 6.45) is 3.57. The molecule has 1 aliphatic heterocycles. The van der Waals surface area contributed by atoms with Crippen molar-refractivity contribution in [1.82, 2.24) is 15.2 Å². The van der Waals surface area contributed by atoms with Crippen LogP contribution in [-0.4, -0.2) is 47.9 Å². The van der Waals surface area contributed by atoms with E-state index in [0.717, 1.165) is 41.6 Å². The minimum absolute atomic E-state index is 0.237. The molecule has 1 unspecified atom stereocenters. The highest BCUT2D eigenvalue weighted by molar-refractivity contribution is 5.98. The van der Waals surface area contributed by atoms with Crippen LogP contribution in [0.15, 0.2) is 42.6 Å². The number of benzene rings is 2. The Kier molecular flexibility index (Phi) is 6.86. The predicted octanol–water partition coefficient (Wildman–Crippen LogP) is 4.62. The lowest BCUT2D eigenvalue weighted by Crippen LogP contribution is -2.53. The molecule has 0 bridgehead atoms. The molecule has 2 heterocycles. The zero-order chi connectivity index (χ0) is 24.4. The SMILES string of the molecule is COc1ccc2[nH]cc(C3CCN(C(=O)C(NC(=O)c4c(F)cccc4F)C(C)C)CC3)c2c1. The van der Waals surface area contributed by atoms with Crippen molar-refractivity contribution in [3.63, 3.8) is 0 Å². The Morgan fingerprint density at radius 2 is 1.79 bits per heavy atom. The van der Waals surface area contributed by atoms with Crippen LogP contribution in [0.5, 0.6) is 5.75 Å². The van der Waals surface area contributed by atoms with Gasteiger partial charge in [-0.25, -0.2) is 8.78 Å². The third kappa shape index (κ3) is 4.62. The molecule has 180 valence electrons. The van der Waals surface area contributed by atoms with E-state index < -0.39 is 29.1 Å². The van der Waals surface area contributed by atoms with Gasteiger partial charge in [0.2, 0.25) is 5.91 Å². The average molecular weight is 470 g/mol. The van der Waals surface area contributed by atoms with Gasteiger partial charge in [0.15, 0.2) is 0 Å². The van der Waals surface area contributed by atoms with Gasteiger partial charge in [-0.3, -0.25) is 9.59 Å². The molecular formula is C26H29F2N3O3. The van der Waals surface area contributed by atoms with Crippen LogP contribution in [0.3, 0.4) is 0 Å². The molecule has 1 atom stereocenters. The minimum Gasteiger partial charge on any atom is -0.497 e. The molecule has 2 amide bonds. The van der Waals surface area contributed by atoms with E-state index in [1.165, 1.54) is 11.6 Å². The van der Waals surface area contributed by atoms with Crippen molar-refractivity contribution in [3.8, 4) is 5.75 Å². The summed E-state index contributed by atoms with van der Waals surface area (Å²) in [4.78, 5) is 30.9. The van der Waals surface area contributed by atoms with Gasteiger partial charge in [-0.15, -0.1) is 0 Å². The maximum absolute atomic E-state index is 14.0. The standard InChI is InChI=1S/C26H29F2N3O3/c1-15(2)24(30-25(32)23-20(27)5-4-6-21(23)28)26(33)31-11-9-16(10-12-31)19-14-29-22-8-7-17(34-3)13-18(19)22/h4-8,13-16,24,29H,9-12H2,1-3H3,(H,30,32). The number of fused-ring (bicyclic) bond motifs is 1. The van der Waals surface area contributed by atoms with Crippen molar-refractivity contribution in [2.24, 2.45) is 5.92 Å². The summed E-state index contributed by atoms with van der Waals surface area (Å²) in [6, 6.07) is 8.29. The van der Waals surface area contributed by atoms with E-state index in [0.29, 0.717) is 13.1 Å². The highest BCUT2D eigenvalue weighted by atomic mass is 19.1. The molecule has 8 heteroatoms. The molecule has 4 rings (SSSR count). The summed E-state index contributed by atoms with van der Waals surface area (Å²) in [6.45, 7) is 4.67. The van der Waals surface area contributed by atoms with E-state index in [1.807, 2.05) is 24.4 Å². The van der Waals surface area contributed by atoms with Gasteiger partial charge in [0.05, 0.1) is 7.11 Å². The van der Waals surface area contributed by atoms with Gasteiger partial charge in [0.1, 0.15) is 29.0 Å². The van der Waals surface area contributed by atoms with Crippen molar-refractivity contribution in [2.45, 2.75) is 38.6 Å². The molecular weight excluding hydrogens is 440 g/mol. The van der Waals surface area contributed by atoms with Gasteiger partial charge < -0.3 is 19.9 Å². The smallest absolute Gasteiger partial charge is 0.257 e. The molecule has 3 aromatic rings. The van der Waals surface area contributed by atoms with Crippen molar-refractivity contribution in [3.05, 3.63) is 65.4 Å². The molecule has 6 nitrogen and oxygen atoms in total. The summed E-state index contributed by atoms with van der Waals surface area (Å²) in [5.41, 5.74) is 1.57. The number of amides is 2. The molecule has 2 aromatic carbocycles. The number of halogens is 2. The Morgan fingerprint density at radius 1 is 1.12 bits per heavy atom. The number of H-pyrrole nitrogens is 1. The molecule has 1 aliphatic rings. The molecule has 0 aliphatic carbocycles. The zero-order valence-electron chi connectivity index (χ0n) is 19.5. The summed E-state index contributed by atoms with van der Waals surface area (Å²) in [7, 11) is 1.64. The van der Waals surface area contributed by atoms with E-state index in [-0.39, 0.29) is 17.7 Å². The number of ether oxygens (including phenoxy) is 1. The van der Waals surface area contributed by atoms with Crippen LogP contribution in [-0.2, 0) is 4.79 Å². The Balaban J connectivity index is 1.45. The molecule has 2 N–H and O–H groups in total. The predicted molar refractivity (Wildman–Crippen MR) is 126 cm³/mol. The topological polar surface area (TPSA) is 74.4 Å². The first-order valence-electron chi connectivity index (χ1n) is 11.5. The minimum atomic E-state index is -0.955. The van der Waals surface area contributed by atoms with Gasteiger partial charge in [0.25, 0.3) is 5.91 Å². The van der Waals surface area contributed by atoms with Crippen molar-refractivity contribution >= 4 is 22.7 Å². The summed E-state index contributed by atoms with van der Waals surface area (Å²) >= 11 is 0. The van der Waals surface area contributed by atoms with Crippen LogP contribution in [0.25, 0.3) is 10.9 Å². The Labute approximate surface area is 197 Å². The van der Waals surface area contributed by atoms with Gasteiger partial charge in [-0.2, -0.15) is 0 Å². The number of hydrogen-bond donors (Lipinski definition) is 2. The van der Waals surface area contributed by atoms with Gasteiger partial charge in [-0.1, -0.05) is 19.9 Å². The van der Waals surface area contributed by atoms with E-state index in [1.54, 1.807) is 25.9 Å². The average Bonchev–Trinajstić information content (AvgIpc) is 3.25. The highest BCUT2D eigenvalue weighted by Gasteiger charge is 2.33. The number of hydrogen-bond acceptors (Lipinski definition) is 3. The summed E-state index contributed by atoms with van der Waals surface area (Å²) in [5.74, 6) is -2.24. The largest absolute Gasteiger partial charge is 0.497 e. The summed E-state index contributed by atoms with van der Waals surface area (Å²) < 4.78 is 33.4. The number of nitrogens with one attached hydrogen (secondary N) is 2. The van der Waals surface area contributed by atoms with E-state index in [9.17, 15) is 18.4 Å². The Hall–Kier alpha value is -3.42. The number of piperidine rings is 1. The number of rotatable bonds is 6. The number of nitrogens with zero attached hydrogens (tertiary/aromatic N) is 1. The first-order valence-corrected chi connectivity index (χ1v) is 11.5. The fraction of sp³-hybridized carbons (Fsp3) is 0.385. The summed E-state index contributed by atoms with van der Waals surface area (Å²) in [5, 5.41) is 3.67. The second-order valence-corrected chi connectivity index (χ2v) is 9.05. The normalized spacial score (nSPS) is 15.5. The number of aromatic nitrogens is 1. The lowest BCUT2D eigenvalue weighted by atomic mass is 9.88. The third-order valence-corrected chi connectivity index (χ3v) is 6.58. The maximum Gasteiger partial charge on any atom is 0.257 e. The quantitative estimate of drug-likeness (QED) is 0.554. The number of carbonyl (C=O) groups is 2. The molecule has 0 saturated carbocycles. The lowest BCUT2D eigenvalue weighted by molar-refractivity contribution is -0.135. The third-order valence-electron chi connectivity index (χ3n) is 6.58. The van der Waals surface area contributed by atoms with Crippen LogP contribution < -0.4 is 10.1 Å². The zero-order valence-corrected chi connectivity index (χ0v) is 19.5. The van der Waals surface area contributed by atoms with E-state index >= 15 is 0 Å². The Bertz CT molecular complexity index is 1180. The number of methoxy groups -OCH3 is 1. The van der Waals surface area contributed by atoms with Crippen LogP contribution in [0, 0.1) is 17.6 Å². The van der Waals surface area contributed by atoms with Crippen LogP contribution in [0.4, 0.5) is 8.78 Å². The lowest BCUT2D eigenvalue weighted by Gasteiger charge is -2.35. The molecule has 0 spiro atoms. The van der Waals surface area contributed by atoms with Crippen molar-refractivity contribution < 1.29 is 23.1 Å². The fourth-order valence-corrected chi connectivity index (χ4v) is 4.64. The molecule has 1 saturated heterocycles. The second-order valence-electron chi connectivity index (χ2n) is 9.05. The first-order chi connectivity index (χ1) is 16.3. The van der Waals surface area contributed by atoms with Gasteiger partial charge in [0, 0.05) is 30.2 Å².